The topological polar surface area (TPSA) is 92.5 Å². The Balaban J connectivity index is 1.53. The van der Waals surface area contributed by atoms with E-state index in [4.69, 9.17) is 16.0 Å². The third kappa shape index (κ3) is 3.63. The molecule has 7 nitrogen and oxygen atoms in total. The number of carbonyl (C=O) groups is 1. The van der Waals surface area contributed by atoms with Gasteiger partial charge in [-0.25, -0.2) is 13.4 Å². The van der Waals surface area contributed by atoms with Crippen LogP contribution in [-0.4, -0.2) is 30.2 Å². The molecule has 1 aliphatic rings. The molecule has 1 amide bonds. The number of benzene rings is 1. The molecule has 140 valence electrons. The minimum atomic E-state index is -3.65. The van der Waals surface area contributed by atoms with Crippen molar-refractivity contribution in [2.75, 3.05) is 11.9 Å². The maximum absolute atomic E-state index is 12.9. The monoisotopic (exact) mass is 423 g/mol. The average Bonchev–Trinajstić information content (AvgIpc) is 3.30. The molecule has 0 radical (unpaired) electrons. The highest BCUT2D eigenvalue weighted by molar-refractivity contribution is 7.89. The fourth-order valence-corrected chi connectivity index (χ4v) is 5.58. The van der Waals surface area contributed by atoms with Crippen molar-refractivity contribution in [3.05, 3.63) is 64.0 Å². The van der Waals surface area contributed by atoms with Gasteiger partial charge in [0.2, 0.25) is 10.0 Å². The highest BCUT2D eigenvalue weighted by Crippen LogP contribution is 2.31. The molecule has 1 aliphatic heterocycles. The maximum Gasteiger partial charge on any atom is 0.293 e. The number of anilines is 1. The largest absolute Gasteiger partial charge is 0.459 e. The third-order valence-corrected chi connectivity index (χ3v) is 7.17. The van der Waals surface area contributed by atoms with Crippen LogP contribution in [0.5, 0.6) is 0 Å². The van der Waals surface area contributed by atoms with Gasteiger partial charge >= 0.3 is 0 Å². The summed E-state index contributed by atoms with van der Waals surface area (Å²) in [7, 11) is -3.65. The molecule has 10 heteroatoms. The molecule has 0 aliphatic carbocycles. The Bertz CT molecular complexity index is 1090. The molecule has 0 saturated heterocycles. The highest BCUT2D eigenvalue weighted by Gasteiger charge is 2.30. The predicted octanol–water partition coefficient (Wildman–Crippen LogP) is 3.39. The van der Waals surface area contributed by atoms with Gasteiger partial charge in [-0.15, -0.1) is 11.3 Å². The van der Waals surface area contributed by atoms with Gasteiger partial charge in [0.05, 0.1) is 23.4 Å². The molecule has 1 aromatic carbocycles. The number of aromatic nitrogens is 1. The normalized spacial score (nSPS) is 14.7. The highest BCUT2D eigenvalue weighted by atomic mass is 35.5. The summed E-state index contributed by atoms with van der Waals surface area (Å²) < 4.78 is 32.2. The molecule has 0 saturated carbocycles. The standard InChI is InChI=1S/C17H14ClN3O4S2/c18-11-3-1-4-12(9-11)27(23,24)21-7-6-13-15(10-21)26-17(19-13)20-16(22)14-5-2-8-25-14/h1-5,8-9H,6-7,10H2,(H,19,20,22). The van der Waals surface area contributed by atoms with Crippen LogP contribution in [0.2, 0.25) is 5.02 Å². The Morgan fingerprint density at radius 1 is 1.30 bits per heavy atom. The number of rotatable bonds is 4. The molecule has 1 N–H and O–H groups in total. The molecule has 3 aromatic rings. The van der Waals surface area contributed by atoms with Crippen molar-refractivity contribution in [1.82, 2.24) is 9.29 Å². The lowest BCUT2D eigenvalue weighted by molar-refractivity contribution is 0.0996. The molecular formula is C17H14ClN3O4S2. The van der Waals surface area contributed by atoms with Crippen LogP contribution in [0.15, 0.2) is 52.0 Å². The summed E-state index contributed by atoms with van der Waals surface area (Å²) in [5.41, 5.74) is 0.798. The zero-order valence-corrected chi connectivity index (χ0v) is 16.3. The number of amides is 1. The van der Waals surface area contributed by atoms with Crippen molar-refractivity contribution >= 4 is 44.0 Å². The lowest BCUT2D eigenvalue weighted by Gasteiger charge is -2.25. The smallest absolute Gasteiger partial charge is 0.293 e. The van der Waals surface area contributed by atoms with Crippen LogP contribution < -0.4 is 5.32 Å². The van der Waals surface area contributed by atoms with Gasteiger partial charge in [-0.3, -0.25) is 10.1 Å². The van der Waals surface area contributed by atoms with Gasteiger partial charge in [0.25, 0.3) is 5.91 Å². The quantitative estimate of drug-likeness (QED) is 0.694. The molecular weight excluding hydrogens is 410 g/mol. The second-order valence-corrected chi connectivity index (χ2v) is 9.32. The van der Waals surface area contributed by atoms with E-state index in [-0.39, 0.29) is 17.2 Å². The summed E-state index contributed by atoms with van der Waals surface area (Å²) in [6.45, 7) is 0.523. The number of furan rings is 1. The Labute approximate surface area is 164 Å². The Morgan fingerprint density at radius 2 is 2.15 bits per heavy atom. The van der Waals surface area contributed by atoms with E-state index in [0.717, 1.165) is 10.6 Å². The van der Waals surface area contributed by atoms with Gasteiger partial charge in [0.15, 0.2) is 10.9 Å². The van der Waals surface area contributed by atoms with Gasteiger partial charge < -0.3 is 4.42 Å². The molecule has 0 spiro atoms. The average molecular weight is 424 g/mol. The molecule has 0 bridgehead atoms. The first-order chi connectivity index (χ1) is 12.9. The molecule has 0 fully saturated rings. The first-order valence-corrected chi connectivity index (χ1v) is 10.7. The van der Waals surface area contributed by atoms with E-state index in [1.165, 1.54) is 34.0 Å². The summed E-state index contributed by atoms with van der Waals surface area (Å²) >= 11 is 7.19. The zero-order chi connectivity index (χ0) is 19.0. The summed E-state index contributed by atoms with van der Waals surface area (Å²) in [6.07, 6.45) is 1.89. The number of nitrogens with one attached hydrogen (secondary N) is 1. The van der Waals surface area contributed by atoms with E-state index in [2.05, 4.69) is 10.3 Å². The molecule has 3 heterocycles. The van der Waals surface area contributed by atoms with E-state index in [1.54, 1.807) is 24.3 Å². The minimum Gasteiger partial charge on any atom is -0.459 e. The van der Waals surface area contributed by atoms with E-state index in [0.29, 0.717) is 23.1 Å². The Hall–Kier alpha value is -2.20. The number of carbonyl (C=O) groups excluding carboxylic acids is 1. The number of sulfonamides is 1. The molecule has 0 unspecified atom stereocenters. The van der Waals surface area contributed by atoms with Gasteiger partial charge in [-0.1, -0.05) is 17.7 Å². The Morgan fingerprint density at radius 3 is 2.89 bits per heavy atom. The number of halogens is 1. The molecule has 27 heavy (non-hydrogen) atoms. The maximum atomic E-state index is 12.9. The van der Waals surface area contributed by atoms with Crippen LogP contribution in [-0.2, 0) is 23.0 Å². The fraction of sp³-hybridized carbons (Fsp3) is 0.176. The van der Waals surface area contributed by atoms with Crippen LogP contribution >= 0.6 is 22.9 Å². The minimum absolute atomic E-state index is 0.161. The second-order valence-electron chi connectivity index (χ2n) is 5.87. The van der Waals surface area contributed by atoms with Crippen molar-refractivity contribution in [3.8, 4) is 0 Å². The lowest BCUT2D eigenvalue weighted by atomic mass is 10.2. The lowest BCUT2D eigenvalue weighted by Crippen LogP contribution is -2.35. The first-order valence-electron chi connectivity index (χ1n) is 8.02. The van der Waals surface area contributed by atoms with Crippen LogP contribution in [0.4, 0.5) is 5.13 Å². The van der Waals surface area contributed by atoms with Crippen LogP contribution in [0.3, 0.4) is 0 Å². The van der Waals surface area contributed by atoms with Crippen LogP contribution in [0.25, 0.3) is 0 Å². The van der Waals surface area contributed by atoms with Gasteiger partial charge in [-0.2, -0.15) is 4.31 Å². The van der Waals surface area contributed by atoms with Crippen molar-refractivity contribution in [2.45, 2.75) is 17.9 Å². The summed E-state index contributed by atoms with van der Waals surface area (Å²) in [6, 6.07) is 9.39. The van der Waals surface area contributed by atoms with Crippen molar-refractivity contribution in [2.24, 2.45) is 0 Å². The van der Waals surface area contributed by atoms with E-state index < -0.39 is 15.9 Å². The number of thiazole rings is 1. The Kier molecular flexibility index (Phi) is 4.77. The molecule has 4 rings (SSSR count). The van der Waals surface area contributed by atoms with E-state index in [1.807, 2.05) is 0 Å². The van der Waals surface area contributed by atoms with Crippen molar-refractivity contribution < 1.29 is 17.6 Å². The number of nitrogens with zero attached hydrogens (tertiary/aromatic N) is 2. The van der Waals surface area contributed by atoms with Crippen LogP contribution in [0, 0.1) is 0 Å². The second kappa shape index (κ2) is 7.08. The zero-order valence-electron chi connectivity index (χ0n) is 13.9. The third-order valence-electron chi connectivity index (χ3n) is 4.10. The van der Waals surface area contributed by atoms with Gasteiger partial charge in [0, 0.05) is 22.9 Å². The number of hydrogen-bond donors (Lipinski definition) is 1. The fourth-order valence-electron chi connectivity index (χ4n) is 2.77. The van der Waals surface area contributed by atoms with Gasteiger partial charge in [-0.05, 0) is 30.3 Å². The predicted molar refractivity (Wildman–Crippen MR) is 102 cm³/mol. The summed E-state index contributed by atoms with van der Waals surface area (Å²) in [5, 5.41) is 3.47. The van der Waals surface area contributed by atoms with E-state index >= 15 is 0 Å². The number of fused-ring (bicyclic) bond motifs is 1. The van der Waals surface area contributed by atoms with Crippen molar-refractivity contribution in [1.29, 1.82) is 0 Å². The van der Waals surface area contributed by atoms with E-state index in [9.17, 15) is 13.2 Å². The SMILES string of the molecule is O=C(Nc1nc2c(s1)CN(S(=O)(=O)c1cccc(Cl)c1)CC2)c1ccco1. The summed E-state index contributed by atoms with van der Waals surface area (Å²) in [4.78, 5) is 17.4. The van der Waals surface area contributed by atoms with Gasteiger partial charge in [0.1, 0.15) is 0 Å². The molecule has 2 aromatic heterocycles. The first kappa shape index (κ1) is 18.2. The molecule has 0 atom stereocenters. The number of hydrogen-bond acceptors (Lipinski definition) is 6. The van der Waals surface area contributed by atoms with Crippen LogP contribution in [0.1, 0.15) is 21.1 Å². The summed E-state index contributed by atoms with van der Waals surface area (Å²) in [5.74, 6) is -0.206. The van der Waals surface area contributed by atoms with Crippen molar-refractivity contribution in [3.63, 3.8) is 0 Å².